The van der Waals surface area contributed by atoms with E-state index >= 15 is 0 Å². The van der Waals surface area contributed by atoms with Crippen molar-refractivity contribution in [3.63, 3.8) is 0 Å². The molecule has 2 heterocycles. The van der Waals surface area contributed by atoms with Crippen LogP contribution in [0.5, 0.6) is 5.75 Å². The van der Waals surface area contributed by atoms with Gasteiger partial charge in [-0.15, -0.1) is 5.10 Å². The third-order valence-corrected chi connectivity index (χ3v) is 2.87. The van der Waals surface area contributed by atoms with Gasteiger partial charge in [0.25, 0.3) is 11.9 Å². The molecule has 19 heavy (non-hydrogen) atoms. The molecule has 0 unspecified atom stereocenters. The lowest BCUT2D eigenvalue weighted by Gasteiger charge is -2.06. The molecule has 1 aromatic carbocycles. The molecule has 0 bridgehead atoms. The van der Waals surface area contributed by atoms with Gasteiger partial charge in [-0.25, -0.2) is 4.99 Å². The number of methoxy groups -OCH3 is 1. The molecule has 6 heteroatoms. The van der Waals surface area contributed by atoms with Crippen LogP contribution in [0.4, 0.5) is 5.95 Å². The first kappa shape index (κ1) is 11.6. The Balaban J connectivity index is 2.14. The number of para-hydroxylation sites is 1. The number of rotatable bonds is 2. The Hall–Kier alpha value is -2.50. The minimum atomic E-state index is -0.115. The van der Waals surface area contributed by atoms with Gasteiger partial charge >= 0.3 is 0 Å². The minimum Gasteiger partial charge on any atom is -0.496 e. The van der Waals surface area contributed by atoms with Crippen molar-refractivity contribution < 1.29 is 9.53 Å². The first-order valence-electron chi connectivity index (χ1n) is 5.87. The largest absolute Gasteiger partial charge is 0.496 e. The molecule has 1 aromatic heterocycles. The normalized spacial score (nSPS) is 14.0. The van der Waals surface area contributed by atoms with E-state index in [1.165, 1.54) is 4.68 Å². The summed E-state index contributed by atoms with van der Waals surface area (Å²) in [5, 5.41) is 4.21. The third kappa shape index (κ3) is 1.91. The maximum absolute atomic E-state index is 11.8. The topological polar surface area (TPSA) is 69.4 Å². The number of hydrogen-bond donors (Lipinski definition) is 0. The molecule has 0 fully saturated rings. The van der Waals surface area contributed by atoms with E-state index in [-0.39, 0.29) is 12.3 Å². The highest BCUT2D eigenvalue weighted by atomic mass is 16.5. The van der Waals surface area contributed by atoms with Crippen molar-refractivity contribution in [2.24, 2.45) is 4.99 Å². The molecule has 0 saturated heterocycles. The van der Waals surface area contributed by atoms with Crippen LogP contribution in [0, 0.1) is 0 Å². The van der Waals surface area contributed by atoms with Gasteiger partial charge in [-0.3, -0.25) is 4.79 Å². The number of aliphatic imine (C=N–C) groups is 1. The van der Waals surface area contributed by atoms with Crippen LogP contribution >= 0.6 is 0 Å². The first-order valence-corrected chi connectivity index (χ1v) is 5.87. The highest BCUT2D eigenvalue weighted by Gasteiger charge is 2.22. The van der Waals surface area contributed by atoms with Crippen LogP contribution < -0.4 is 4.74 Å². The van der Waals surface area contributed by atoms with Gasteiger partial charge in [0, 0.05) is 5.71 Å². The summed E-state index contributed by atoms with van der Waals surface area (Å²) >= 11 is 0. The molecule has 0 saturated carbocycles. The van der Waals surface area contributed by atoms with Gasteiger partial charge in [0.15, 0.2) is 5.82 Å². The van der Waals surface area contributed by atoms with E-state index in [1.807, 2.05) is 24.3 Å². The summed E-state index contributed by atoms with van der Waals surface area (Å²) in [5.41, 5.74) is 1.49. The van der Waals surface area contributed by atoms with Crippen molar-refractivity contribution >= 4 is 17.6 Å². The fraction of sp³-hybridized carbons (Fsp3) is 0.231. The number of carbonyl (C=O) groups is 1. The van der Waals surface area contributed by atoms with Crippen LogP contribution in [0.15, 0.2) is 29.3 Å². The Morgan fingerprint density at radius 3 is 2.89 bits per heavy atom. The fourth-order valence-electron chi connectivity index (χ4n) is 1.99. The van der Waals surface area contributed by atoms with Gasteiger partial charge in [0.2, 0.25) is 0 Å². The number of nitrogens with zero attached hydrogens (tertiary/aromatic N) is 4. The van der Waals surface area contributed by atoms with Crippen LogP contribution in [0.1, 0.15) is 18.1 Å². The Morgan fingerprint density at radius 1 is 1.32 bits per heavy atom. The SMILES string of the molecule is COc1ccccc1-c1nc2n(n1)C(=O)CC(C)=N2. The van der Waals surface area contributed by atoms with Crippen LogP contribution in [0.3, 0.4) is 0 Å². The van der Waals surface area contributed by atoms with Gasteiger partial charge in [0.05, 0.1) is 19.1 Å². The van der Waals surface area contributed by atoms with Crippen LogP contribution in [-0.2, 0) is 0 Å². The van der Waals surface area contributed by atoms with Crippen molar-refractivity contribution in [1.29, 1.82) is 0 Å². The molecule has 0 N–H and O–H groups in total. The summed E-state index contributed by atoms with van der Waals surface area (Å²) in [5.74, 6) is 1.32. The van der Waals surface area contributed by atoms with Crippen LogP contribution in [0.25, 0.3) is 11.4 Å². The van der Waals surface area contributed by atoms with E-state index in [0.717, 1.165) is 11.3 Å². The van der Waals surface area contributed by atoms with Gasteiger partial charge in [-0.1, -0.05) is 12.1 Å². The number of benzene rings is 1. The Kier molecular flexibility index (Phi) is 2.63. The van der Waals surface area contributed by atoms with Gasteiger partial charge < -0.3 is 4.74 Å². The molecule has 2 aromatic rings. The predicted molar refractivity (Wildman–Crippen MR) is 70.0 cm³/mol. The highest BCUT2D eigenvalue weighted by molar-refractivity contribution is 6.04. The zero-order valence-electron chi connectivity index (χ0n) is 10.6. The molecule has 1 aliphatic heterocycles. The van der Waals surface area contributed by atoms with Crippen molar-refractivity contribution in [2.75, 3.05) is 7.11 Å². The van der Waals surface area contributed by atoms with Crippen molar-refractivity contribution in [3.8, 4) is 17.1 Å². The summed E-state index contributed by atoms with van der Waals surface area (Å²) in [6.45, 7) is 1.80. The fourth-order valence-corrected chi connectivity index (χ4v) is 1.99. The maximum Gasteiger partial charge on any atom is 0.255 e. The number of aromatic nitrogens is 3. The summed E-state index contributed by atoms with van der Waals surface area (Å²) in [4.78, 5) is 20.4. The number of fused-ring (bicyclic) bond motifs is 1. The number of carbonyl (C=O) groups excluding carboxylic acids is 1. The molecule has 0 atom stereocenters. The third-order valence-electron chi connectivity index (χ3n) is 2.87. The Bertz CT molecular complexity index is 688. The Morgan fingerprint density at radius 2 is 2.11 bits per heavy atom. The second kappa shape index (κ2) is 4.31. The first-order chi connectivity index (χ1) is 9.19. The summed E-state index contributed by atoms with van der Waals surface area (Å²) in [6, 6.07) is 7.41. The summed E-state index contributed by atoms with van der Waals surface area (Å²) in [7, 11) is 1.59. The average molecular weight is 256 g/mol. The molecule has 3 rings (SSSR count). The zero-order valence-corrected chi connectivity index (χ0v) is 10.6. The summed E-state index contributed by atoms with van der Waals surface area (Å²) in [6.07, 6.45) is 0.279. The molecule has 0 radical (unpaired) electrons. The van der Waals surface area contributed by atoms with E-state index < -0.39 is 0 Å². The van der Waals surface area contributed by atoms with Crippen LogP contribution in [-0.4, -0.2) is 33.5 Å². The Labute approximate surface area is 109 Å². The quantitative estimate of drug-likeness (QED) is 0.825. The predicted octanol–water partition coefficient (Wildman–Crippen LogP) is 2.09. The lowest BCUT2D eigenvalue weighted by Crippen LogP contribution is -2.19. The van der Waals surface area contributed by atoms with Crippen molar-refractivity contribution in [1.82, 2.24) is 14.8 Å². The standard InChI is InChI=1S/C13H12N4O2/c1-8-7-11(18)17-13(14-8)15-12(16-17)9-5-3-4-6-10(9)19-2/h3-6H,7H2,1-2H3. The van der Waals surface area contributed by atoms with Gasteiger partial charge in [-0.05, 0) is 19.1 Å². The average Bonchev–Trinajstić information content (AvgIpc) is 2.82. The second-order valence-corrected chi connectivity index (χ2v) is 4.27. The number of hydrogen-bond acceptors (Lipinski definition) is 5. The van der Waals surface area contributed by atoms with Gasteiger partial charge in [0.1, 0.15) is 5.75 Å². The lowest BCUT2D eigenvalue weighted by molar-refractivity contribution is 0.0906. The van der Waals surface area contributed by atoms with Crippen molar-refractivity contribution in [2.45, 2.75) is 13.3 Å². The molecular weight excluding hydrogens is 244 g/mol. The van der Waals surface area contributed by atoms with E-state index in [1.54, 1.807) is 14.0 Å². The van der Waals surface area contributed by atoms with Gasteiger partial charge in [-0.2, -0.15) is 9.67 Å². The molecule has 6 nitrogen and oxygen atoms in total. The van der Waals surface area contributed by atoms with Crippen molar-refractivity contribution in [3.05, 3.63) is 24.3 Å². The van der Waals surface area contributed by atoms with E-state index in [4.69, 9.17) is 4.74 Å². The monoisotopic (exact) mass is 256 g/mol. The minimum absolute atomic E-state index is 0.115. The zero-order chi connectivity index (χ0) is 13.4. The van der Waals surface area contributed by atoms with E-state index in [9.17, 15) is 4.79 Å². The smallest absolute Gasteiger partial charge is 0.255 e. The molecule has 96 valence electrons. The molecular formula is C13H12N4O2. The molecule has 1 aliphatic rings. The molecule has 0 aliphatic carbocycles. The highest BCUT2D eigenvalue weighted by Crippen LogP contribution is 2.29. The molecule has 0 amide bonds. The lowest BCUT2D eigenvalue weighted by atomic mass is 10.2. The van der Waals surface area contributed by atoms with E-state index in [0.29, 0.717) is 17.5 Å². The van der Waals surface area contributed by atoms with Crippen LogP contribution in [0.2, 0.25) is 0 Å². The van der Waals surface area contributed by atoms with E-state index in [2.05, 4.69) is 15.1 Å². The summed E-state index contributed by atoms with van der Waals surface area (Å²) < 4.78 is 6.51. The second-order valence-electron chi connectivity index (χ2n) is 4.27. The maximum atomic E-state index is 11.8. The molecule has 0 spiro atoms. The number of ether oxygens (including phenoxy) is 1.